The Labute approximate surface area is 140 Å². The highest BCUT2D eigenvalue weighted by atomic mass is 35.5. The molecule has 0 radical (unpaired) electrons. The minimum absolute atomic E-state index is 0.0923. The number of hydrogen-bond donors (Lipinski definition) is 0. The molecule has 0 fully saturated rings. The van der Waals surface area contributed by atoms with Crippen LogP contribution in [0.25, 0.3) is 0 Å². The van der Waals surface area contributed by atoms with Crippen molar-refractivity contribution in [3.8, 4) is 0 Å². The second-order valence-electron chi connectivity index (χ2n) is 4.49. The summed E-state index contributed by atoms with van der Waals surface area (Å²) in [7, 11) is -4.09. The van der Waals surface area contributed by atoms with E-state index >= 15 is 0 Å². The fourth-order valence-electron chi connectivity index (χ4n) is 1.94. The van der Waals surface area contributed by atoms with E-state index in [1.807, 2.05) is 0 Å². The molecule has 1 aromatic carbocycles. The highest BCUT2D eigenvalue weighted by Crippen LogP contribution is 2.16. The van der Waals surface area contributed by atoms with Gasteiger partial charge >= 0.3 is 5.69 Å². The van der Waals surface area contributed by atoms with Crippen LogP contribution in [0.4, 0.5) is 0 Å². The lowest BCUT2D eigenvalue weighted by Crippen LogP contribution is -2.32. The fraction of sp³-hybridized carbons (Fsp3) is 0. The highest BCUT2D eigenvalue weighted by molar-refractivity contribution is 7.90. The van der Waals surface area contributed by atoms with Gasteiger partial charge in [0.15, 0.2) is 0 Å². The lowest BCUT2D eigenvalue weighted by atomic mass is 10.4. The van der Waals surface area contributed by atoms with Gasteiger partial charge in [-0.1, -0.05) is 17.7 Å². The third kappa shape index (κ3) is 2.76. The Morgan fingerprint density at radius 2 is 1.78 bits per heavy atom. The van der Waals surface area contributed by atoms with Crippen LogP contribution in [0.5, 0.6) is 0 Å². The van der Waals surface area contributed by atoms with E-state index in [9.17, 15) is 18.0 Å². The summed E-state index contributed by atoms with van der Waals surface area (Å²) in [6.45, 7) is 0. The maximum Gasteiger partial charge on any atom is 0.349 e. The monoisotopic (exact) mass is 368 g/mol. The summed E-state index contributed by atoms with van der Waals surface area (Å²) in [6, 6.07) is 8.64. The average Bonchev–Trinajstić information content (AvgIpc) is 3.16. The molecule has 0 aliphatic carbocycles. The smallest absolute Gasteiger partial charge is 0.267 e. The number of benzene rings is 1. The lowest BCUT2D eigenvalue weighted by Gasteiger charge is -2.04. The van der Waals surface area contributed by atoms with E-state index in [2.05, 4.69) is 0 Å². The van der Waals surface area contributed by atoms with Crippen molar-refractivity contribution in [3.63, 3.8) is 0 Å². The van der Waals surface area contributed by atoms with Gasteiger partial charge in [0.2, 0.25) is 0 Å². The molecule has 9 heteroatoms. The third-order valence-corrected chi connectivity index (χ3v) is 5.84. The second kappa shape index (κ2) is 5.80. The Balaban J connectivity index is 2.07. The lowest BCUT2D eigenvalue weighted by molar-refractivity contribution is 0.0960. The zero-order chi connectivity index (χ0) is 16.6. The van der Waals surface area contributed by atoms with Crippen molar-refractivity contribution in [1.29, 1.82) is 0 Å². The Morgan fingerprint density at radius 1 is 1.09 bits per heavy atom. The zero-order valence-electron chi connectivity index (χ0n) is 11.4. The van der Waals surface area contributed by atoms with Crippen LogP contribution in [0, 0.1) is 0 Å². The van der Waals surface area contributed by atoms with Crippen molar-refractivity contribution in [2.24, 2.45) is 0 Å². The van der Waals surface area contributed by atoms with Crippen LogP contribution < -0.4 is 5.69 Å². The Hall–Kier alpha value is -2.16. The van der Waals surface area contributed by atoms with Crippen molar-refractivity contribution >= 4 is 38.9 Å². The molecule has 0 aliphatic heterocycles. The fourth-order valence-corrected chi connectivity index (χ4v) is 3.94. The summed E-state index contributed by atoms with van der Waals surface area (Å²) in [5.41, 5.74) is -0.946. The van der Waals surface area contributed by atoms with Crippen LogP contribution in [-0.4, -0.2) is 22.9 Å². The van der Waals surface area contributed by atoms with E-state index in [0.717, 1.165) is 17.0 Å². The number of hydrogen-bond acceptors (Lipinski definition) is 5. The summed E-state index contributed by atoms with van der Waals surface area (Å²) in [4.78, 5) is 24.7. The molecular weight excluding hydrogens is 360 g/mol. The molecule has 0 aliphatic rings. The number of nitrogens with zero attached hydrogens (tertiary/aromatic N) is 2. The van der Waals surface area contributed by atoms with Crippen LogP contribution in [0.2, 0.25) is 5.02 Å². The highest BCUT2D eigenvalue weighted by Gasteiger charge is 2.23. The summed E-state index contributed by atoms with van der Waals surface area (Å²) in [5.74, 6) is -0.574. The molecule has 2 heterocycles. The van der Waals surface area contributed by atoms with Crippen LogP contribution in [0.1, 0.15) is 9.67 Å². The molecular formula is C14H9ClN2O4S2. The van der Waals surface area contributed by atoms with Gasteiger partial charge in [-0.25, -0.2) is 17.8 Å². The first-order valence-corrected chi connectivity index (χ1v) is 9.00. The first-order chi connectivity index (χ1) is 10.9. The summed E-state index contributed by atoms with van der Waals surface area (Å²) in [6.07, 6.45) is 2.19. The van der Waals surface area contributed by atoms with Gasteiger partial charge in [-0.05, 0) is 35.7 Å². The van der Waals surface area contributed by atoms with Crippen molar-refractivity contribution in [2.45, 2.75) is 4.90 Å². The number of carbonyl (C=O) groups is 1. The van der Waals surface area contributed by atoms with Gasteiger partial charge in [-0.3, -0.25) is 4.79 Å². The number of halogens is 1. The van der Waals surface area contributed by atoms with E-state index in [1.165, 1.54) is 35.6 Å². The van der Waals surface area contributed by atoms with Crippen LogP contribution >= 0.6 is 22.9 Å². The molecule has 3 rings (SSSR count). The average molecular weight is 369 g/mol. The zero-order valence-corrected chi connectivity index (χ0v) is 13.8. The SMILES string of the molecule is O=C(c1cccs1)n1ccn(S(=O)(=O)c2ccc(Cl)cc2)c1=O. The Morgan fingerprint density at radius 3 is 2.39 bits per heavy atom. The minimum Gasteiger partial charge on any atom is -0.267 e. The molecule has 2 aromatic heterocycles. The maximum atomic E-state index is 12.5. The molecule has 0 saturated carbocycles. The normalized spacial score (nSPS) is 11.5. The molecule has 3 aromatic rings. The van der Waals surface area contributed by atoms with E-state index in [4.69, 9.17) is 11.6 Å². The van der Waals surface area contributed by atoms with Crippen LogP contribution in [0.15, 0.2) is 63.9 Å². The van der Waals surface area contributed by atoms with Crippen molar-refractivity contribution in [2.75, 3.05) is 0 Å². The number of thiophene rings is 1. The molecule has 0 saturated heterocycles. The molecule has 23 heavy (non-hydrogen) atoms. The third-order valence-electron chi connectivity index (χ3n) is 3.07. The number of aromatic nitrogens is 2. The van der Waals surface area contributed by atoms with Crippen molar-refractivity contribution < 1.29 is 13.2 Å². The number of carbonyl (C=O) groups excluding carboxylic acids is 1. The summed E-state index contributed by atoms with van der Waals surface area (Å²) in [5, 5.41) is 2.07. The van der Waals surface area contributed by atoms with Gasteiger partial charge in [-0.2, -0.15) is 3.97 Å². The van der Waals surface area contributed by atoms with Gasteiger partial charge < -0.3 is 0 Å². The van der Waals surface area contributed by atoms with Gasteiger partial charge in [-0.15, -0.1) is 11.3 Å². The number of rotatable bonds is 3. The van der Waals surface area contributed by atoms with Gasteiger partial charge in [0.25, 0.3) is 15.9 Å². The molecule has 0 spiro atoms. The molecule has 118 valence electrons. The molecule has 6 nitrogen and oxygen atoms in total. The standard InChI is InChI=1S/C14H9ClN2O4S2/c15-10-3-5-11(6-4-10)23(20,21)17-8-7-16(14(17)19)13(18)12-2-1-9-22-12/h1-9H. The summed E-state index contributed by atoms with van der Waals surface area (Å²) >= 11 is 6.90. The van der Waals surface area contributed by atoms with E-state index in [1.54, 1.807) is 17.5 Å². The summed E-state index contributed by atoms with van der Waals surface area (Å²) < 4.78 is 26.3. The predicted octanol–water partition coefficient (Wildman–Crippen LogP) is 2.29. The first-order valence-electron chi connectivity index (χ1n) is 6.30. The number of imidazole rings is 1. The molecule has 0 amide bonds. The minimum atomic E-state index is -4.09. The van der Waals surface area contributed by atoms with Gasteiger partial charge in [0, 0.05) is 17.4 Å². The van der Waals surface area contributed by atoms with Crippen LogP contribution in [0.3, 0.4) is 0 Å². The van der Waals surface area contributed by atoms with E-state index in [-0.39, 0.29) is 4.90 Å². The molecule has 0 bridgehead atoms. The molecule has 0 N–H and O–H groups in total. The largest absolute Gasteiger partial charge is 0.349 e. The quantitative estimate of drug-likeness (QED) is 0.710. The molecule has 0 atom stereocenters. The predicted molar refractivity (Wildman–Crippen MR) is 86.8 cm³/mol. The van der Waals surface area contributed by atoms with Gasteiger partial charge in [0.1, 0.15) is 0 Å². The van der Waals surface area contributed by atoms with Gasteiger partial charge in [0.05, 0.1) is 9.77 Å². The first kappa shape index (κ1) is 15.7. The second-order valence-corrected chi connectivity index (χ2v) is 7.69. The van der Waals surface area contributed by atoms with E-state index in [0.29, 0.717) is 13.9 Å². The van der Waals surface area contributed by atoms with Crippen molar-refractivity contribution in [3.05, 3.63) is 74.6 Å². The van der Waals surface area contributed by atoms with E-state index < -0.39 is 21.6 Å². The van der Waals surface area contributed by atoms with Crippen LogP contribution in [-0.2, 0) is 10.0 Å². The Kier molecular flexibility index (Phi) is 3.97. The maximum absolute atomic E-state index is 12.5. The Bertz CT molecular complexity index is 1020. The van der Waals surface area contributed by atoms with Crippen molar-refractivity contribution in [1.82, 2.24) is 8.54 Å². The topological polar surface area (TPSA) is 78.1 Å². The molecule has 0 unspecified atom stereocenters.